The van der Waals surface area contributed by atoms with Crippen molar-refractivity contribution in [1.82, 2.24) is 20.4 Å². The highest BCUT2D eigenvalue weighted by molar-refractivity contribution is 6.30. The molecule has 2 aromatic rings. The van der Waals surface area contributed by atoms with Crippen LogP contribution in [0.15, 0.2) is 28.8 Å². The SMILES string of the molecule is CCN(Cc1nc(-c2ccc(Cl)cc2)no1)C(=O)NC(C)(C)C. The number of carbonyl (C=O) groups is 1. The van der Waals surface area contributed by atoms with Crippen LogP contribution in [-0.4, -0.2) is 33.2 Å². The number of halogens is 1. The van der Waals surface area contributed by atoms with Gasteiger partial charge in [-0.25, -0.2) is 4.79 Å². The van der Waals surface area contributed by atoms with E-state index in [0.29, 0.717) is 23.3 Å². The van der Waals surface area contributed by atoms with E-state index >= 15 is 0 Å². The van der Waals surface area contributed by atoms with E-state index in [1.807, 2.05) is 39.8 Å². The predicted octanol–water partition coefficient (Wildman–Crippen LogP) is 3.72. The number of amides is 2. The van der Waals surface area contributed by atoms with Crippen LogP contribution in [0.1, 0.15) is 33.6 Å². The van der Waals surface area contributed by atoms with Gasteiger partial charge in [0.2, 0.25) is 11.7 Å². The van der Waals surface area contributed by atoms with Gasteiger partial charge in [0.25, 0.3) is 0 Å². The van der Waals surface area contributed by atoms with Crippen molar-refractivity contribution >= 4 is 17.6 Å². The van der Waals surface area contributed by atoms with E-state index in [0.717, 1.165) is 5.56 Å². The average Bonchev–Trinajstić information content (AvgIpc) is 2.92. The summed E-state index contributed by atoms with van der Waals surface area (Å²) >= 11 is 5.86. The second-order valence-electron chi connectivity index (χ2n) is 6.21. The van der Waals surface area contributed by atoms with E-state index in [9.17, 15) is 4.79 Å². The Morgan fingerprint density at radius 3 is 2.52 bits per heavy atom. The lowest BCUT2D eigenvalue weighted by molar-refractivity contribution is 0.181. The minimum atomic E-state index is -0.298. The molecule has 1 N–H and O–H groups in total. The zero-order chi connectivity index (χ0) is 17.0. The van der Waals surface area contributed by atoms with Crippen LogP contribution in [0.4, 0.5) is 4.79 Å². The average molecular weight is 337 g/mol. The molecule has 2 rings (SSSR count). The van der Waals surface area contributed by atoms with Crippen LogP contribution in [-0.2, 0) is 6.54 Å². The molecule has 1 aromatic carbocycles. The molecule has 0 atom stereocenters. The van der Waals surface area contributed by atoms with Gasteiger partial charge in [0.1, 0.15) is 6.54 Å². The van der Waals surface area contributed by atoms with E-state index in [1.165, 1.54) is 0 Å². The van der Waals surface area contributed by atoms with Crippen LogP contribution in [0.25, 0.3) is 11.4 Å². The van der Waals surface area contributed by atoms with Gasteiger partial charge in [0.15, 0.2) is 0 Å². The highest BCUT2D eigenvalue weighted by atomic mass is 35.5. The van der Waals surface area contributed by atoms with Crippen LogP contribution < -0.4 is 5.32 Å². The summed E-state index contributed by atoms with van der Waals surface area (Å²) in [6, 6.07) is 7.01. The van der Waals surface area contributed by atoms with E-state index in [1.54, 1.807) is 17.0 Å². The van der Waals surface area contributed by atoms with Gasteiger partial charge in [-0.3, -0.25) is 0 Å². The van der Waals surface area contributed by atoms with Crippen molar-refractivity contribution in [3.8, 4) is 11.4 Å². The maximum atomic E-state index is 12.2. The number of carbonyl (C=O) groups excluding carboxylic acids is 1. The Balaban J connectivity index is 2.07. The van der Waals surface area contributed by atoms with Crippen molar-refractivity contribution in [1.29, 1.82) is 0 Å². The van der Waals surface area contributed by atoms with Gasteiger partial charge in [-0.05, 0) is 52.0 Å². The fourth-order valence-corrected chi connectivity index (χ4v) is 2.05. The van der Waals surface area contributed by atoms with Gasteiger partial charge in [-0.1, -0.05) is 16.8 Å². The summed E-state index contributed by atoms with van der Waals surface area (Å²) in [5, 5.41) is 7.51. The third-order valence-corrected chi connectivity index (χ3v) is 3.30. The van der Waals surface area contributed by atoms with Crippen LogP contribution in [0.3, 0.4) is 0 Å². The molecule has 1 aromatic heterocycles. The number of nitrogens with one attached hydrogen (secondary N) is 1. The topological polar surface area (TPSA) is 71.3 Å². The van der Waals surface area contributed by atoms with Crippen LogP contribution in [0.2, 0.25) is 5.02 Å². The minimum Gasteiger partial charge on any atom is -0.337 e. The molecular formula is C16H21ClN4O2. The molecule has 0 saturated heterocycles. The molecule has 0 radical (unpaired) electrons. The summed E-state index contributed by atoms with van der Waals surface area (Å²) in [6.07, 6.45) is 0. The Hall–Kier alpha value is -2.08. The molecule has 0 aliphatic rings. The van der Waals surface area contributed by atoms with Crippen molar-refractivity contribution in [2.75, 3.05) is 6.54 Å². The second-order valence-corrected chi connectivity index (χ2v) is 6.65. The smallest absolute Gasteiger partial charge is 0.318 e. The molecule has 23 heavy (non-hydrogen) atoms. The first kappa shape index (κ1) is 17.3. The quantitative estimate of drug-likeness (QED) is 0.923. The monoisotopic (exact) mass is 336 g/mol. The molecule has 6 nitrogen and oxygen atoms in total. The molecular weight excluding hydrogens is 316 g/mol. The fourth-order valence-electron chi connectivity index (χ4n) is 1.93. The number of hydrogen-bond acceptors (Lipinski definition) is 4. The molecule has 0 bridgehead atoms. The molecule has 2 amide bonds. The van der Waals surface area contributed by atoms with Gasteiger partial charge in [0, 0.05) is 22.7 Å². The predicted molar refractivity (Wildman–Crippen MR) is 89.1 cm³/mol. The molecule has 0 spiro atoms. The van der Waals surface area contributed by atoms with E-state index in [-0.39, 0.29) is 18.1 Å². The van der Waals surface area contributed by atoms with Crippen LogP contribution in [0, 0.1) is 0 Å². The Bertz CT molecular complexity index is 661. The Morgan fingerprint density at radius 2 is 1.96 bits per heavy atom. The number of rotatable bonds is 4. The molecule has 0 unspecified atom stereocenters. The number of urea groups is 1. The standard InChI is InChI=1S/C16H21ClN4O2/c1-5-21(15(22)19-16(2,3)4)10-13-18-14(20-23-13)11-6-8-12(17)9-7-11/h6-9H,5,10H2,1-4H3,(H,19,22). The summed E-state index contributed by atoms with van der Waals surface area (Å²) in [7, 11) is 0. The van der Waals surface area contributed by atoms with Crippen molar-refractivity contribution in [3.05, 3.63) is 35.2 Å². The normalized spacial score (nSPS) is 11.3. The van der Waals surface area contributed by atoms with Gasteiger partial charge in [-0.2, -0.15) is 4.98 Å². The molecule has 1 heterocycles. The fraction of sp³-hybridized carbons (Fsp3) is 0.438. The van der Waals surface area contributed by atoms with Crippen LogP contribution in [0.5, 0.6) is 0 Å². The van der Waals surface area contributed by atoms with Crippen molar-refractivity contribution < 1.29 is 9.32 Å². The first-order chi connectivity index (χ1) is 10.8. The summed E-state index contributed by atoms with van der Waals surface area (Å²) in [5.41, 5.74) is 0.514. The number of hydrogen-bond donors (Lipinski definition) is 1. The zero-order valence-corrected chi connectivity index (χ0v) is 14.5. The zero-order valence-electron chi connectivity index (χ0n) is 13.8. The maximum Gasteiger partial charge on any atom is 0.318 e. The summed E-state index contributed by atoms with van der Waals surface area (Å²) in [6.45, 7) is 8.51. The van der Waals surface area contributed by atoms with E-state index < -0.39 is 0 Å². The molecule has 0 saturated carbocycles. The largest absolute Gasteiger partial charge is 0.337 e. The maximum absolute atomic E-state index is 12.2. The van der Waals surface area contributed by atoms with Gasteiger partial charge < -0.3 is 14.7 Å². The summed E-state index contributed by atoms with van der Waals surface area (Å²) < 4.78 is 5.25. The van der Waals surface area contributed by atoms with Gasteiger partial charge in [-0.15, -0.1) is 0 Å². The first-order valence-corrected chi connectivity index (χ1v) is 7.82. The van der Waals surface area contributed by atoms with Gasteiger partial charge in [0.05, 0.1) is 0 Å². The Kier molecular flexibility index (Phi) is 5.26. The number of benzene rings is 1. The lowest BCUT2D eigenvalue weighted by Crippen LogP contribution is -2.48. The highest BCUT2D eigenvalue weighted by Gasteiger charge is 2.21. The Morgan fingerprint density at radius 1 is 1.30 bits per heavy atom. The lowest BCUT2D eigenvalue weighted by atomic mass is 10.1. The highest BCUT2D eigenvalue weighted by Crippen LogP contribution is 2.19. The Labute approximate surface area is 140 Å². The third-order valence-electron chi connectivity index (χ3n) is 3.05. The molecule has 0 aliphatic carbocycles. The van der Waals surface area contributed by atoms with Crippen LogP contribution >= 0.6 is 11.6 Å². The first-order valence-electron chi connectivity index (χ1n) is 7.44. The molecule has 7 heteroatoms. The molecule has 0 aliphatic heterocycles. The molecule has 0 fully saturated rings. The second kappa shape index (κ2) is 7.00. The van der Waals surface area contributed by atoms with E-state index in [2.05, 4.69) is 15.5 Å². The summed E-state index contributed by atoms with van der Waals surface area (Å²) in [4.78, 5) is 18.2. The van der Waals surface area contributed by atoms with Crippen molar-refractivity contribution in [3.63, 3.8) is 0 Å². The lowest BCUT2D eigenvalue weighted by Gasteiger charge is -2.26. The van der Waals surface area contributed by atoms with Gasteiger partial charge >= 0.3 is 6.03 Å². The number of aromatic nitrogens is 2. The summed E-state index contributed by atoms with van der Waals surface area (Å²) in [5.74, 6) is 0.866. The third kappa shape index (κ3) is 4.96. The molecule has 124 valence electrons. The van der Waals surface area contributed by atoms with E-state index in [4.69, 9.17) is 16.1 Å². The minimum absolute atomic E-state index is 0.161. The van der Waals surface area contributed by atoms with Crippen molar-refractivity contribution in [2.24, 2.45) is 0 Å². The number of nitrogens with zero attached hydrogens (tertiary/aromatic N) is 3. The van der Waals surface area contributed by atoms with Crippen molar-refractivity contribution in [2.45, 2.75) is 39.8 Å².